The van der Waals surface area contributed by atoms with Crippen LogP contribution in [0.1, 0.15) is 13.8 Å². The molecule has 0 aromatic rings. The van der Waals surface area contributed by atoms with E-state index < -0.39 is 0 Å². The summed E-state index contributed by atoms with van der Waals surface area (Å²) in [5, 5.41) is 14.8. The molecule has 4 heteroatoms. The van der Waals surface area contributed by atoms with Crippen LogP contribution in [0.4, 0.5) is 0 Å². The maximum Gasteiger partial charge on any atom is 0.0791 e. The van der Waals surface area contributed by atoms with Crippen LogP contribution in [0.25, 0.3) is 0 Å². The molecular formula is C4H12O4. The van der Waals surface area contributed by atoms with Gasteiger partial charge in [-0.25, -0.2) is 9.78 Å². The molecule has 0 aliphatic heterocycles. The van der Waals surface area contributed by atoms with Crippen LogP contribution in [0.2, 0.25) is 0 Å². The highest BCUT2D eigenvalue weighted by molar-refractivity contribution is 3.89. The van der Waals surface area contributed by atoms with Gasteiger partial charge in [0.25, 0.3) is 0 Å². The lowest BCUT2D eigenvalue weighted by atomic mass is 10.9. The van der Waals surface area contributed by atoms with Crippen molar-refractivity contribution in [3.05, 3.63) is 0 Å². The Labute approximate surface area is 48.5 Å². The fraction of sp³-hybridized carbons (Fsp3) is 1.00. The van der Waals surface area contributed by atoms with Crippen molar-refractivity contribution in [2.75, 3.05) is 13.2 Å². The zero-order chi connectivity index (χ0) is 6.83. The van der Waals surface area contributed by atoms with Crippen LogP contribution in [0.15, 0.2) is 0 Å². The number of hydrogen-bond acceptors (Lipinski definition) is 4. The first-order valence-corrected chi connectivity index (χ1v) is 2.36. The van der Waals surface area contributed by atoms with E-state index in [9.17, 15) is 0 Å². The van der Waals surface area contributed by atoms with Gasteiger partial charge in [0, 0.05) is 0 Å². The lowest BCUT2D eigenvalue weighted by Gasteiger charge is -1.73. The normalized spacial score (nSPS) is 7.50. The van der Waals surface area contributed by atoms with Gasteiger partial charge in [-0.2, -0.15) is 0 Å². The Kier molecular flexibility index (Phi) is 21.3. The molecule has 0 aromatic heterocycles. The molecule has 0 radical (unpaired) electrons. The Balaban J connectivity index is 0. The summed E-state index contributed by atoms with van der Waals surface area (Å²) < 4.78 is 0. The third-order valence-corrected chi connectivity index (χ3v) is 0.258. The molecule has 0 saturated carbocycles. The minimum Gasteiger partial charge on any atom is -0.252 e. The van der Waals surface area contributed by atoms with Crippen molar-refractivity contribution in [3.63, 3.8) is 0 Å². The molecule has 0 aliphatic carbocycles. The van der Waals surface area contributed by atoms with E-state index in [1.807, 2.05) is 0 Å². The second-order valence-electron chi connectivity index (χ2n) is 0.836. The SMILES string of the molecule is CCOO.CCOO. The molecule has 0 atom stereocenters. The molecule has 0 fully saturated rings. The molecule has 0 aliphatic rings. The molecule has 8 heavy (non-hydrogen) atoms. The van der Waals surface area contributed by atoms with Crippen molar-refractivity contribution >= 4 is 0 Å². The predicted octanol–water partition coefficient (Wildman–Crippen LogP) is 0.992. The highest BCUT2D eigenvalue weighted by atomic mass is 17.1. The van der Waals surface area contributed by atoms with Crippen LogP contribution >= 0.6 is 0 Å². The lowest BCUT2D eigenvalue weighted by Crippen LogP contribution is -1.74. The molecule has 0 saturated heterocycles. The van der Waals surface area contributed by atoms with Crippen LogP contribution in [0, 0.1) is 0 Å². The van der Waals surface area contributed by atoms with Gasteiger partial charge in [-0.1, -0.05) is 0 Å². The third-order valence-electron chi connectivity index (χ3n) is 0.258. The number of rotatable bonds is 2. The van der Waals surface area contributed by atoms with E-state index in [0.717, 1.165) is 0 Å². The Bertz CT molecular complexity index is 16.0. The predicted molar refractivity (Wildman–Crippen MR) is 28.5 cm³/mol. The fourth-order valence-electron chi connectivity index (χ4n) is 0. The van der Waals surface area contributed by atoms with Crippen LogP contribution in [0.5, 0.6) is 0 Å². The highest BCUT2D eigenvalue weighted by Gasteiger charge is 1.54. The molecule has 4 nitrogen and oxygen atoms in total. The quantitative estimate of drug-likeness (QED) is 0.425. The van der Waals surface area contributed by atoms with Crippen molar-refractivity contribution in [1.29, 1.82) is 0 Å². The van der Waals surface area contributed by atoms with Gasteiger partial charge in [-0.3, -0.25) is 10.5 Å². The molecule has 0 spiro atoms. The lowest BCUT2D eigenvalue weighted by molar-refractivity contribution is -0.237. The first-order chi connectivity index (χ1) is 3.83. The van der Waals surface area contributed by atoms with Gasteiger partial charge < -0.3 is 0 Å². The minimum absolute atomic E-state index is 0.375. The minimum atomic E-state index is 0.375. The first-order valence-electron chi connectivity index (χ1n) is 2.36. The van der Waals surface area contributed by atoms with Crippen molar-refractivity contribution in [3.8, 4) is 0 Å². The van der Waals surface area contributed by atoms with Crippen LogP contribution in [-0.4, -0.2) is 23.7 Å². The van der Waals surface area contributed by atoms with Gasteiger partial charge in [-0.15, -0.1) is 0 Å². The summed E-state index contributed by atoms with van der Waals surface area (Å²) in [6.45, 7) is 4.17. The van der Waals surface area contributed by atoms with Gasteiger partial charge in [0.2, 0.25) is 0 Å². The molecule has 0 rings (SSSR count). The van der Waals surface area contributed by atoms with Crippen molar-refractivity contribution in [2.24, 2.45) is 0 Å². The summed E-state index contributed by atoms with van der Waals surface area (Å²) in [7, 11) is 0. The van der Waals surface area contributed by atoms with E-state index in [-0.39, 0.29) is 0 Å². The molecule has 2 N–H and O–H groups in total. The number of hydrogen-bond donors (Lipinski definition) is 2. The standard InChI is InChI=1S/2C2H6O2/c2*1-2-4-3/h2*3H,2H2,1H3. The molecule has 52 valence electrons. The Morgan fingerprint density at radius 2 is 1.12 bits per heavy atom. The summed E-state index contributed by atoms with van der Waals surface area (Å²) in [6, 6.07) is 0. The monoisotopic (exact) mass is 124 g/mol. The highest BCUT2D eigenvalue weighted by Crippen LogP contribution is 1.51. The molecule has 0 aromatic carbocycles. The van der Waals surface area contributed by atoms with Crippen LogP contribution in [0.3, 0.4) is 0 Å². The topological polar surface area (TPSA) is 58.9 Å². The van der Waals surface area contributed by atoms with Crippen molar-refractivity contribution in [2.45, 2.75) is 13.8 Å². The van der Waals surface area contributed by atoms with E-state index in [1.165, 1.54) is 0 Å². The van der Waals surface area contributed by atoms with E-state index in [0.29, 0.717) is 13.2 Å². The van der Waals surface area contributed by atoms with E-state index in [2.05, 4.69) is 9.78 Å². The average molecular weight is 124 g/mol. The maximum atomic E-state index is 7.38. The summed E-state index contributed by atoms with van der Waals surface area (Å²) >= 11 is 0. The zero-order valence-corrected chi connectivity index (χ0v) is 5.13. The molecule has 0 heterocycles. The van der Waals surface area contributed by atoms with Crippen molar-refractivity contribution < 1.29 is 20.3 Å². The third kappa shape index (κ3) is 40.4. The summed E-state index contributed by atoms with van der Waals surface area (Å²) in [4.78, 5) is 7.08. The molecule has 0 amide bonds. The van der Waals surface area contributed by atoms with Gasteiger partial charge in [0.05, 0.1) is 13.2 Å². The maximum absolute atomic E-state index is 7.38. The van der Waals surface area contributed by atoms with Gasteiger partial charge in [0.15, 0.2) is 0 Å². The second-order valence-corrected chi connectivity index (χ2v) is 0.836. The van der Waals surface area contributed by atoms with Gasteiger partial charge in [0.1, 0.15) is 0 Å². The summed E-state index contributed by atoms with van der Waals surface area (Å²) in [5.41, 5.74) is 0. The molecule has 0 unspecified atom stereocenters. The van der Waals surface area contributed by atoms with E-state index >= 15 is 0 Å². The average Bonchev–Trinajstić information content (AvgIpc) is 1.88. The van der Waals surface area contributed by atoms with E-state index in [1.54, 1.807) is 13.8 Å². The van der Waals surface area contributed by atoms with Crippen LogP contribution in [-0.2, 0) is 9.78 Å². The van der Waals surface area contributed by atoms with Gasteiger partial charge >= 0.3 is 0 Å². The molecular weight excluding hydrogens is 112 g/mol. The van der Waals surface area contributed by atoms with E-state index in [4.69, 9.17) is 10.5 Å². The first kappa shape index (κ1) is 10.8. The van der Waals surface area contributed by atoms with Crippen LogP contribution < -0.4 is 0 Å². The van der Waals surface area contributed by atoms with Crippen molar-refractivity contribution in [1.82, 2.24) is 0 Å². The molecule has 0 bridgehead atoms. The van der Waals surface area contributed by atoms with Gasteiger partial charge in [-0.05, 0) is 13.8 Å². The Morgan fingerprint density at radius 3 is 1.12 bits per heavy atom. The smallest absolute Gasteiger partial charge is 0.0791 e. The Hall–Kier alpha value is -0.160. The largest absolute Gasteiger partial charge is 0.252 e. The summed E-state index contributed by atoms with van der Waals surface area (Å²) in [6.07, 6.45) is 0. The summed E-state index contributed by atoms with van der Waals surface area (Å²) in [5.74, 6) is 0. The fourth-order valence-corrected chi connectivity index (χ4v) is 0. The second kappa shape index (κ2) is 15.8. The zero-order valence-electron chi connectivity index (χ0n) is 5.13. The Morgan fingerprint density at radius 1 is 1.00 bits per heavy atom.